The van der Waals surface area contributed by atoms with Crippen molar-refractivity contribution in [3.05, 3.63) is 54.1 Å². The average molecular weight is 384 g/mol. The third-order valence-electron chi connectivity index (χ3n) is 3.48. The zero-order chi connectivity index (χ0) is 19.9. The maximum Gasteiger partial charge on any atom is 0.243 e. The Kier molecular flexibility index (Phi) is 6.50. The summed E-state index contributed by atoms with van der Waals surface area (Å²) in [4.78, 5) is 12.2. The molecule has 8 nitrogen and oxygen atoms in total. The lowest BCUT2D eigenvalue weighted by Gasteiger charge is -2.17. The van der Waals surface area contributed by atoms with Crippen LogP contribution in [0.3, 0.4) is 0 Å². The van der Waals surface area contributed by atoms with Gasteiger partial charge in [0.15, 0.2) is 6.61 Å². The topological polar surface area (TPSA) is 123 Å². The molecule has 0 radical (unpaired) electrons. The van der Waals surface area contributed by atoms with Crippen molar-refractivity contribution in [1.82, 2.24) is 4.31 Å². The van der Waals surface area contributed by atoms with Crippen LogP contribution in [0.5, 0.6) is 5.75 Å². The Labute approximate surface area is 157 Å². The number of amides is 1. The van der Waals surface area contributed by atoms with E-state index in [2.05, 4.69) is 5.32 Å². The predicted octanol–water partition coefficient (Wildman–Crippen LogP) is 1.72. The second kappa shape index (κ2) is 8.81. The molecule has 0 spiro atoms. The van der Waals surface area contributed by atoms with Gasteiger partial charge in [0.2, 0.25) is 15.9 Å². The average Bonchev–Trinajstić information content (AvgIpc) is 2.66. The summed E-state index contributed by atoms with van der Waals surface area (Å²) >= 11 is 0. The summed E-state index contributed by atoms with van der Waals surface area (Å²) in [6, 6.07) is 15.6. The van der Waals surface area contributed by atoms with Crippen LogP contribution in [-0.2, 0) is 14.8 Å². The van der Waals surface area contributed by atoms with Gasteiger partial charge in [0.1, 0.15) is 11.8 Å². The molecule has 1 amide bonds. The van der Waals surface area contributed by atoms with E-state index in [-0.39, 0.29) is 11.5 Å². The Morgan fingerprint density at radius 3 is 2.52 bits per heavy atom. The molecule has 0 bridgehead atoms. The normalized spacial score (nSPS) is 10.7. The van der Waals surface area contributed by atoms with Crippen LogP contribution >= 0.6 is 0 Å². The van der Waals surface area contributed by atoms with E-state index in [1.54, 1.807) is 18.2 Å². The molecule has 0 unspecified atom stereocenters. The lowest BCUT2D eigenvalue weighted by atomic mass is 10.2. The number of likely N-dealkylation sites (N-methyl/N-ethyl adjacent to an activating group) is 1. The molecule has 0 saturated heterocycles. The van der Waals surface area contributed by atoms with Crippen LogP contribution < -0.4 is 10.1 Å². The first-order valence-corrected chi connectivity index (χ1v) is 9.17. The van der Waals surface area contributed by atoms with Gasteiger partial charge in [-0.3, -0.25) is 4.79 Å². The van der Waals surface area contributed by atoms with Crippen molar-refractivity contribution in [3.8, 4) is 17.9 Å². The molecule has 0 aliphatic carbocycles. The number of benzene rings is 2. The Bertz CT molecular complexity index is 1000. The van der Waals surface area contributed by atoms with Gasteiger partial charge in [-0.05, 0) is 36.4 Å². The van der Waals surface area contributed by atoms with Crippen molar-refractivity contribution in [2.75, 3.05) is 25.5 Å². The van der Waals surface area contributed by atoms with Crippen LogP contribution in [0.25, 0.3) is 0 Å². The molecule has 9 heteroatoms. The number of hydrogen-bond acceptors (Lipinski definition) is 6. The minimum Gasteiger partial charge on any atom is -0.479 e. The highest BCUT2D eigenvalue weighted by Crippen LogP contribution is 2.18. The van der Waals surface area contributed by atoms with Crippen molar-refractivity contribution < 1.29 is 17.9 Å². The van der Waals surface area contributed by atoms with Crippen molar-refractivity contribution in [1.29, 1.82) is 10.5 Å². The largest absolute Gasteiger partial charge is 0.479 e. The summed E-state index contributed by atoms with van der Waals surface area (Å²) in [6.45, 7) is -0.519. The Balaban J connectivity index is 2.04. The van der Waals surface area contributed by atoms with Crippen LogP contribution in [0, 0.1) is 22.7 Å². The monoisotopic (exact) mass is 384 g/mol. The molecule has 0 atom stereocenters. The second-order valence-electron chi connectivity index (χ2n) is 5.42. The quantitative estimate of drug-likeness (QED) is 0.775. The van der Waals surface area contributed by atoms with Crippen LogP contribution in [0.1, 0.15) is 5.56 Å². The highest BCUT2D eigenvalue weighted by atomic mass is 32.2. The van der Waals surface area contributed by atoms with Gasteiger partial charge in [0, 0.05) is 18.8 Å². The molecule has 0 heterocycles. The first kappa shape index (κ1) is 19.9. The van der Waals surface area contributed by atoms with E-state index in [4.69, 9.17) is 15.3 Å². The lowest BCUT2D eigenvalue weighted by molar-refractivity contribution is -0.116. The smallest absolute Gasteiger partial charge is 0.243 e. The van der Waals surface area contributed by atoms with Crippen molar-refractivity contribution in [2.24, 2.45) is 0 Å². The maximum atomic E-state index is 12.5. The molecule has 1 N–H and O–H groups in total. The molecule has 2 rings (SSSR count). The summed E-state index contributed by atoms with van der Waals surface area (Å²) in [6.07, 6.45) is 0. The van der Waals surface area contributed by atoms with Crippen LogP contribution in [-0.4, -0.2) is 38.8 Å². The highest BCUT2D eigenvalue weighted by Gasteiger charge is 2.23. The number of hydrogen-bond donors (Lipinski definition) is 1. The zero-order valence-electron chi connectivity index (χ0n) is 14.4. The summed E-state index contributed by atoms with van der Waals surface area (Å²) in [5.41, 5.74) is 0.757. The van der Waals surface area contributed by atoms with Crippen LogP contribution in [0.2, 0.25) is 0 Å². The van der Waals surface area contributed by atoms with E-state index in [1.807, 2.05) is 12.1 Å². The fourth-order valence-corrected chi connectivity index (χ4v) is 3.28. The number of anilines is 1. The van der Waals surface area contributed by atoms with E-state index >= 15 is 0 Å². The van der Waals surface area contributed by atoms with E-state index in [0.717, 1.165) is 4.31 Å². The molecule has 2 aromatic carbocycles. The molecule has 0 saturated carbocycles. The number of nitrogens with one attached hydrogen (secondary N) is 1. The van der Waals surface area contributed by atoms with Gasteiger partial charge in [-0.15, -0.1) is 0 Å². The molecule has 0 fully saturated rings. The molecule has 27 heavy (non-hydrogen) atoms. The van der Waals surface area contributed by atoms with Gasteiger partial charge in [0.05, 0.1) is 23.1 Å². The van der Waals surface area contributed by atoms with Gasteiger partial charge in [0.25, 0.3) is 0 Å². The first-order chi connectivity index (χ1) is 12.9. The van der Waals surface area contributed by atoms with Crippen LogP contribution in [0.4, 0.5) is 5.69 Å². The Morgan fingerprint density at radius 1 is 1.19 bits per heavy atom. The molecule has 0 aliphatic heterocycles. The van der Waals surface area contributed by atoms with Crippen molar-refractivity contribution >= 4 is 21.6 Å². The van der Waals surface area contributed by atoms with Gasteiger partial charge < -0.3 is 10.1 Å². The van der Waals surface area contributed by atoms with E-state index in [1.165, 1.54) is 37.4 Å². The van der Waals surface area contributed by atoms with Gasteiger partial charge in [-0.1, -0.05) is 6.07 Å². The number of carbonyl (C=O) groups excluding carboxylic acids is 1. The maximum absolute atomic E-state index is 12.5. The van der Waals surface area contributed by atoms with E-state index < -0.39 is 22.5 Å². The number of nitriles is 2. The van der Waals surface area contributed by atoms with Crippen LogP contribution in [0.15, 0.2) is 53.4 Å². The number of sulfonamides is 1. The fourth-order valence-electron chi connectivity index (χ4n) is 2.15. The molecule has 138 valence electrons. The summed E-state index contributed by atoms with van der Waals surface area (Å²) in [7, 11) is -2.58. The Morgan fingerprint density at radius 2 is 1.89 bits per heavy atom. The third kappa shape index (κ3) is 5.28. The molecule has 0 aliphatic rings. The van der Waals surface area contributed by atoms with Gasteiger partial charge in [-0.25, -0.2) is 8.42 Å². The summed E-state index contributed by atoms with van der Waals surface area (Å²) < 4.78 is 31.1. The number of nitrogens with zero attached hydrogens (tertiary/aromatic N) is 3. The minimum absolute atomic E-state index is 0.0105. The number of rotatable bonds is 7. The van der Waals surface area contributed by atoms with Crippen molar-refractivity contribution in [2.45, 2.75) is 4.90 Å². The van der Waals surface area contributed by atoms with E-state index in [0.29, 0.717) is 17.0 Å². The van der Waals surface area contributed by atoms with Gasteiger partial charge >= 0.3 is 0 Å². The zero-order valence-corrected chi connectivity index (χ0v) is 15.2. The minimum atomic E-state index is -3.87. The summed E-state index contributed by atoms with van der Waals surface area (Å²) in [5.74, 6) is -0.125. The van der Waals surface area contributed by atoms with Crippen molar-refractivity contribution in [3.63, 3.8) is 0 Å². The third-order valence-corrected chi connectivity index (χ3v) is 5.30. The lowest BCUT2D eigenvalue weighted by Crippen LogP contribution is -2.34. The number of carbonyl (C=O) groups is 1. The Hall–Kier alpha value is -3.40. The highest BCUT2D eigenvalue weighted by molar-refractivity contribution is 7.89. The second-order valence-corrected chi connectivity index (χ2v) is 7.46. The first-order valence-electron chi connectivity index (χ1n) is 7.73. The molecular weight excluding hydrogens is 368 g/mol. The SMILES string of the molecule is CN(CC(=O)Nc1cccc(OCC#N)c1)S(=O)(=O)c1ccc(C#N)cc1. The van der Waals surface area contributed by atoms with E-state index in [9.17, 15) is 13.2 Å². The van der Waals surface area contributed by atoms with Gasteiger partial charge in [-0.2, -0.15) is 14.8 Å². The number of ether oxygens (including phenoxy) is 1. The molecule has 0 aromatic heterocycles. The fraction of sp³-hybridized carbons (Fsp3) is 0.167. The predicted molar refractivity (Wildman–Crippen MR) is 97.2 cm³/mol. The standard InChI is InChI=1S/C18H16N4O4S/c1-22(27(24,25)17-7-5-14(12-20)6-8-17)13-18(23)21-15-3-2-4-16(11-15)26-10-9-19/h2-8,11H,10,13H2,1H3,(H,21,23). The molecular formula is C18H16N4O4S. The summed E-state index contributed by atoms with van der Waals surface area (Å²) in [5, 5.41) is 19.9. The molecule has 2 aromatic rings.